The van der Waals surface area contributed by atoms with Gasteiger partial charge in [-0.15, -0.1) is 0 Å². The largest absolute Gasteiger partial charge is 0.454 e. The highest BCUT2D eigenvalue weighted by Gasteiger charge is 2.26. The van der Waals surface area contributed by atoms with Crippen molar-refractivity contribution in [3.8, 4) is 0 Å². The van der Waals surface area contributed by atoms with Crippen molar-refractivity contribution in [1.82, 2.24) is 9.47 Å². The minimum Gasteiger partial charge on any atom is -0.454 e. The van der Waals surface area contributed by atoms with E-state index < -0.39 is 0 Å². The molecule has 3 rings (SSSR count). The van der Waals surface area contributed by atoms with Gasteiger partial charge in [-0.3, -0.25) is 9.59 Å². The number of morpholine rings is 1. The Morgan fingerprint density at radius 1 is 1.32 bits per heavy atom. The molecule has 1 aliphatic rings. The topological polar surface area (TPSA) is 64.7 Å². The summed E-state index contributed by atoms with van der Waals surface area (Å²) in [5.41, 5.74) is -0.103. The van der Waals surface area contributed by atoms with E-state index in [2.05, 4.69) is 0 Å². The Labute approximate surface area is 127 Å². The van der Waals surface area contributed by atoms with Gasteiger partial charge in [-0.2, -0.15) is 0 Å². The first-order chi connectivity index (χ1) is 10.6. The Hall–Kier alpha value is -2.34. The number of ether oxygens (including phenoxy) is 1. The lowest BCUT2D eigenvalue weighted by Gasteiger charge is -2.32. The smallest absolute Gasteiger partial charge is 0.289 e. The summed E-state index contributed by atoms with van der Waals surface area (Å²) in [6, 6.07) is 8.39. The normalized spacial score (nSPS) is 18.4. The maximum atomic E-state index is 12.5. The summed E-state index contributed by atoms with van der Waals surface area (Å²) in [6.45, 7) is 3.91. The van der Waals surface area contributed by atoms with Crippen molar-refractivity contribution in [2.75, 3.05) is 19.8 Å². The Kier molecular flexibility index (Phi) is 4.11. The van der Waals surface area contributed by atoms with Crippen molar-refractivity contribution in [2.24, 2.45) is 0 Å². The predicted octanol–water partition coefficient (Wildman–Crippen LogP) is 1.35. The van der Waals surface area contributed by atoms with Gasteiger partial charge in [0.25, 0.3) is 11.5 Å². The van der Waals surface area contributed by atoms with Gasteiger partial charge < -0.3 is 18.6 Å². The zero-order valence-electron chi connectivity index (χ0n) is 12.4. The third-order valence-corrected chi connectivity index (χ3v) is 3.73. The van der Waals surface area contributed by atoms with Gasteiger partial charge in [-0.25, -0.2) is 0 Å². The monoisotopic (exact) mass is 302 g/mol. The Morgan fingerprint density at radius 2 is 2.18 bits per heavy atom. The van der Waals surface area contributed by atoms with Crippen LogP contribution >= 0.6 is 0 Å². The number of nitrogens with zero attached hydrogens (tertiary/aromatic N) is 2. The molecule has 0 spiro atoms. The van der Waals surface area contributed by atoms with Gasteiger partial charge in [0.15, 0.2) is 5.76 Å². The number of pyridine rings is 1. The van der Waals surface area contributed by atoms with Crippen LogP contribution in [-0.2, 0) is 11.3 Å². The number of furan rings is 1. The third-order valence-electron chi connectivity index (χ3n) is 3.73. The zero-order valence-corrected chi connectivity index (χ0v) is 12.4. The van der Waals surface area contributed by atoms with Crippen LogP contribution in [0, 0.1) is 0 Å². The Bertz CT molecular complexity index is 719. The van der Waals surface area contributed by atoms with Crippen molar-refractivity contribution in [3.05, 3.63) is 58.4 Å². The highest BCUT2D eigenvalue weighted by molar-refractivity contribution is 5.91. The molecule has 2 aromatic heterocycles. The molecule has 0 N–H and O–H groups in total. The zero-order chi connectivity index (χ0) is 15.5. The Morgan fingerprint density at radius 3 is 2.95 bits per heavy atom. The van der Waals surface area contributed by atoms with E-state index >= 15 is 0 Å². The SMILES string of the molecule is C[C@H]1COCCN1C(=O)c1ccc(Cn2ccccc2=O)o1. The second-order valence-electron chi connectivity index (χ2n) is 5.36. The molecule has 1 amide bonds. The molecule has 0 bridgehead atoms. The van der Waals surface area contributed by atoms with Gasteiger partial charge in [0.2, 0.25) is 0 Å². The molecule has 0 radical (unpaired) electrons. The third kappa shape index (κ3) is 2.96. The van der Waals surface area contributed by atoms with Gasteiger partial charge >= 0.3 is 0 Å². The van der Waals surface area contributed by atoms with Crippen molar-refractivity contribution in [1.29, 1.82) is 0 Å². The van der Waals surface area contributed by atoms with Crippen LogP contribution in [0.2, 0.25) is 0 Å². The number of amides is 1. The molecule has 3 heterocycles. The van der Waals surface area contributed by atoms with Crippen LogP contribution in [-0.4, -0.2) is 41.2 Å². The average Bonchev–Trinajstić information content (AvgIpc) is 2.98. The van der Waals surface area contributed by atoms with E-state index in [0.717, 1.165) is 0 Å². The van der Waals surface area contributed by atoms with E-state index in [1.165, 1.54) is 10.6 Å². The second-order valence-corrected chi connectivity index (χ2v) is 5.36. The first kappa shape index (κ1) is 14.6. The minimum atomic E-state index is -0.137. The lowest BCUT2D eigenvalue weighted by molar-refractivity contribution is 0.00188. The summed E-state index contributed by atoms with van der Waals surface area (Å²) >= 11 is 0. The second kappa shape index (κ2) is 6.19. The fourth-order valence-corrected chi connectivity index (χ4v) is 2.51. The minimum absolute atomic E-state index is 0.0338. The summed E-state index contributed by atoms with van der Waals surface area (Å²) in [6.07, 6.45) is 1.69. The van der Waals surface area contributed by atoms with Crippen LogP contribution < -0.4 is 5.56 Å². The summed E-state index contributed by atoms with van der Waals surface area (Å²) < 4.78 is 12.5. The summed E-state index contributed by atoms with van der Waals surface area (Å²) in [7, 11) is 0. The maximum Gasteiger partial charge on any atom is 0.289 e. The number of hydrogen-bond acceptors (Lipinski definition) is 4. The summed E-state index contributed by atoms with van der Waals surface area (Å²) in [4.78, 5) is 25.9. The van der Waals surface area contributed by atoms with Crippen LogP contribution in [0.5, 0.6) is 0 Å². The maximum absolute atomic E-state index is 12.5. The lowest BCUT2D eigenvalue weighted by atomic mass is 10.2. The number of hydrogen-bond donors (Lipinski definition) is 0. The van der Waals surface area contributed by atoms with Crippen molar-refractivity contribution >= 4 is 5.91 Å². The van der Waals surface area contributed by atoms with Gasteiger partial charge in [0.1, 0.15) is 5.76 Å². The van der Waals surface area contributed by atoms with E-state index in [1.54, 1.807) is 35.4 Å². The van der Waals surface area contributed by atoms with Crippen LogP contribution in [0.15, 0.2) is 45.7 Å². The van der Waals surface area contributed by atoms with Crippen LogP contribution in [0.3, 0.4) is 0 Å². The van der Waals surface area contributed by atoms with E-state index in [-0.39, 0.29) is 17.5 Å². The molecule has 6 nitrogen and oxygen atoms in total. The molecule has 1 aliphatic heterocycles. The van der Waals surface area contributed by atoms with Gasteiger partial charge in [-0.1, -0.05) is 6.07 Å². The van der Waals surface area contributed by atoms with E-state index in [4.69, 9.17) is 9.15 Å². The summed E-state index contributed by atoms with van der Waals surface area (Å²) in [5, 5.41) is 0. The fourth-order valence-electron chi connectivity index (χ4n) is 2.51. The molecule has 116 valence electrons. The molecule has 1 fully saturated rings. The summed E-state index contributed by atoms with van der Waals surface area (Å²) in [5.74, 6) is 0.743. The molecule has 22 heavy (non-hydrogen) atoms. The average molecular weight is 302 g/mol. The lowest BCUT2D eigenvalue weighted by Crippen LogP contribution is -2.47. The van der Waals surface area contributed by atoms with Gasteiger partial charge in [0.05, 0.1) is 25.8 Å². The molecule has 0 aromatic carbocycles. The van der Waals surface area contributed by atoms with E-state index in [0.29, 0.717) is 37.8 Å². The first-order valence-corrected chi connectivity index (χ1v) is 7.28. The van der Waals surface area contributed by atoms with E-state index in [1.807, 2.05) is 6.92 Å². The fraction of sp³-hybridized carbons (Fsp3) is 0.375. The molecule has 2 aromatic rings. The molecule has 0 aliphatic carbocycles. The number of carbonyl (C=O) groups excluding carboxylic acids is 1. The highest BCUT2D eigenvalue weighted by Crippen LogP contribution is 2.15. The van der Waals surface area contributed by atoms with Crippen molar-refractivity contribution < 1.29 is 13.9 Å². The molecule has 0 unspecified atom stereocenters. The molecular weight excluding hydrogens is 284 g/mol. The van der Waals surface area contributed by atoms with Crippen molar-refractivity contribution in [3.63, 3.8) is 0 Å². The van der Waals surface area contributed by atoms with Gasteiger partial charge in [-0.05, 0) is 25.1 Å². The van der Waals surface area contributed by atoms with Gasteiger partial charge in [0, 0.05) is 18.8 Å². The number of aromatic nitrogens is 1. The quantitative estimate of drug-likeness (QED) is 0.858. The Balaban J connectivity index is 1.75. The molecule has 6 heteroatoms. The highest BCUT2D eigenvalue weighted by atomic mass is 16.5. The molecule has 1 atom stereocenters. The first-order valence-electron chi connectivity index (χ1n) is 7.28. The van der Waals surface area contributed by atoms with Crippen LogP contribution in [0.1, 0.15) is 23.2 Å². The predicted molar refractivity (Wildman–Crippen MR) is 79.8 cm³/mol. The molecule has 0 saturated carbocycles. The van der Waals surface area contributed by atoms with Crippen molar-refractivity contribution in [2.45, 2.75) is 19.5 Å². The number of carbonyl (C=O) groups is 1. The molecular formula is C16H18N2O4. The number of rotatable bonds is 3. The van der Waals surface area contributed by atoms with Crippen LogP contribution in [0.25, 0.3) is 0 Å². The van der Waals surface area contributed by atoms with Crippen LogP contribution in [0.4, 0.5) is 0 Å². The van der Waals surface area contributed by atoms with E-state index in [9.17, 15) is 9.59 Å². The standard InChI is InChI=1S/C16H18N2O4/c1-12-11-21-9-8-18(12)16(20)14-6-5-13(22-14)10-17-7-3-2-4-15(17)19/h2-7,12H,8-11H2,1H3/t12-/m0/s1. The molecule has 1 saturated heterocycles.